The summed E-state index contributed by atoms with van der Waals surface area (Å²) in [5, 5.41) is 3.14. The Bertz CT molecular complexity index is 197. The highest BCUT2D eigenvalue weighted by Gasteiger charge is 2.28. The minimum atomic E-state index is -0.302. The first kappa shape index (κ1) is 11.5. The van der Waals surface area contributed by atoms with Crippen molar-refractivity contribution in [1.82, 2.24) is 10.2 Å². The molecule has 14 heavy (non-hydrogen) atoms. The first-order valence-electron chi connectivity index (χ1n) is 5.15. The summed E-state index contributed by atoms with van der Waals surface area (Å²) < 4.78 is 5.01. The van der Waals surface area contributed by atoms with Crippen LogP contribution in [-0.2, 0) is 9.53 Å². The van der Waals surface area contributed by atoms with Crippen LogP contribution >= 0.6 is 0 Å². The van der Waals surface area contributed by atoms with E-state index in [0.29, 0.717) is 5.92 Å². The van der Waals surface area contributed by atoms with E-state index in [0.717, 1.165) is 26.1 Å². The van der Waals surface area contributed by atoms with Gasteiger partial charge in [0.25, 0.3) is 5.91 Å². The van der Waals surface area contributed by atoms with E-state index >= 15 is 0 Å². The molecule has 1 saturated heterocycles. The van der Waals surface area contributed by atoms with Crippen LogP contribution in [0.2, 0.25) is 0 Å². The number of amides is 1. The largest absolute Gasteiger partial charge is 0.372 e. The lowest BCUT2D eigenvalue weighted by atomic mass is 10.1. The number of likely N-dealkylation sites (tertiary alicyclic amines) is 1. The average molecular weight is 200 g/mol. The van der Waals surface area contributed by atoms with Crippen LogP contribution in [-0.4, -0.2) is 50.7 Å². The lowest BCUT2D eigenvalue weighted by molar-refractivity contribution is -0.139. The first-order valence-corrected chi connectivity index (χ1v) is 5.15. The molecule has 1 aliphatic rings. The molecule has 0 aromatic carbocycles. The number of hydrogen-bond acceptors (Lipinski definition) is 3. The van der Waals surface area contributed by atoms with Gasteiger partial charge in [-0.3, -0.25) is 4.79 Å². The van der Waals surface area contributed by atoms with Crippen molar-refractivity contribution < 1.29 is 9.53 Å². The zero-order valence-corrected chi connectivity index (χ0v) is 9.25. The number of carbonyl (C=O) groups is 1. The minimum Gasteiger partial charge on any atom is -0.372 e. The van der Waals surface area contributed by atoms with E-state index < -0.39 is 0 Å². The summed E-state index contributed by atoms with van der Waals surface area (Å²) in [5.41, 5.74) is 0. The predicted molar refractivity (Wildman–Crippen MR) is 55.1 cm³/mol. The molecule has 0 spiro atoms. The SMILES string of the molecule is CNCC1CCN(C(=O)C(C)OC)C1. The number of carbonyl (C=O) groups excluding carboxylic acids is 1. The lowest BCUT2D eigenvalue weighted by Gasteiger charge is -2.19. The number of nitrogens with one attached hydrogen (secondary N) is 1. The fourth-order valence-electron chi connectivity index (χ4n) is 1.85. The van der Waals surface area contributed by atoms with Gasteiger partial charge in [0.2, 0.25) is 0 Å². The topological polar surface area (TPSA) is 41.6 Å². The molecule has 1 fully saturated rings. The van der Waals surface area contributed by atoms with Crippen LogP contribution in [0.3, 0.4) is 0 Å². The number of nitrogens with zero attached hydrogens (tertiary/aromatic N) is 1. The lowest BCUT2D eigenvalue weighted by Crippen LogP contribution is -2.37. The van der Waals surface area contributed by atoms with Gasteiger partial charge in [0, 0.05) is 20.2 Å². The van der Waals surface area contributed by atoms with Crippen LogP contribution in [0.1, 0.15) is 13.3 Å². The fourth-order valence-corrected chi connectivity index (χ4v) is 1.85. The molecular weight excluding hydrogens is 180 g/mol. The van der Waals surface area contributed by atoms with Crippen molar-refractivity contribution in [2.24, 2.45) is 5.92 Å². The quantitative estimate of drug-likeness (QED) is 0.699. The van der Waals surface area contributed by atoms with Gasteiger partial charge in [0.1, 0.15) is 6.10 Å². The number of hydrogen-bond donors (Lipinski definition) is 1. The molecule has 0 bridgehead atoms. The number of rotatable bonds is 4. The van der Waals surface area contributed by atoms with E-state index in [1.54, 1.807) is 14.0 Å². The third kappa shape index (κ3) is 2.69. The second kappa shape index (κ2) is 5.32. The van der Waals surface area contributed by atoms with Crippen molar-refractivity contribution in [2.45, 2.75) is 19.4 Å². The molecule has 0 aromatic heterocycles. The smallest absolute Gasteiger partial charge is 0.251 e. The molecule has 1 heterocycles. The molecule has 1 rings (SSSR count). The predicted octanol–water partition coefficient (Wildman–Crippen LogP) is 0.0892. The van der Waals surface area contributed by atoms with E-state index in [4.69, 9.17) is 4.74 Å². The van der Waals surface area contributed by atoms with Gasteiger partial charge in [-0.05, 0) is 32.9 Å². The summed E-state index contributed by atoms with van der Waals surface area (Å²) in [5.74, 6) is 0.721. The zero-order valence-electron chi connectivity index (χ0n) is 9.25. The van der Waals surface area contributed by atoms with Crippen LogP contribution in [0.5, 0.6) is 0 Å². The molecule has 1 N–H and O–H groups in total. The van der Waals surface area contributed by atoms with E-state index in [1.165, 1.54) is 0 Å². The zero-order chi connectivity index (χ0) is 10.6. The minimum absolute atomic E-state index is 0.117. The molecule has 1 aliphatic heterocycles. The molecule has 2 atom stereocenters. The summed E-state index contributed by atoms with van der Waals surface area (Å²) in [7, 11) is 3.52. The maximum atomic E-state index is 11.7. The highest BCUT2D eigenvalue weighted by molar-refractivity contribution is 5.80. The van der Waals surface area contributed by atoms with Gasteiger partial charge in [0.15, 0.2) is 0 Å². The van der Waals surface area contributed by atoms with Crippen LogP contribution in [0.4, 0.5) is 0 Å². The van der Waals surface area contributed by atoms with Gasteiger partial charge in [-0.1, -0.05) is 0 Å². The molecule has 2 unspecified atom stereocenters. The summed E-state index contributed by atoms with van der Waals surface area (Å²) in [6.07, 6.45) is 0.798. The second-order valence-electron chi connectivity index (χ2n) is 3.87. The first-order chi connectivity index (χ1) is 6.69. The Hall–Kier alpha value is -0.610. The van der Waals surface area contributed by atoms with Crippen molar-refractivity contribution >= 4 is 5.91 Å². The maximum Gasteiger partial charge on any atom is 0.251 e. The van der Waals surface area contributed by atoms with Gasteiger partial charge in [-0.25, -0.2) is 0 Å². The fraction of sp³-hybridized carbons (Fsp3) is 0.900. The Labute approximate surface area is 85.6 Å². The number of ether oxygens (including phenoxy) is 1. The Morgan fingerprint density at radius 1 is 1.71 bits per heavy atom. The van der Waals surface area contributed by atoms with E-state index in [1.807, 2.05) is 11.9 Å². The van der Waals surface area contributed by atoms with E-state index in [2.05, 4.69) is 5.32 Å². The highest BCUT2D eigenvalue weighted by atomic mass is 16.5. The summed E-state index contributed by atoms with van der Waals surface area (Å²) >= 11 is 0. The van der Waals surface area contributed by atoms with Crippen LogP contribution in [0, 0.1) is 5.92 Å². The monoisotopic (exact) mass is 200 g/mol. The van der Waals surface area contributed by atoms with Gasteiger partial charge < -0.3 is 15.0 Å². The van der Waals surface area contributed by atoms with Gasteiger partial charge in [0.05, 0.1) is 0 Å². The van der Waals surface area contributed by atoms with Crippen LogP contribution in [0.15, 0.2) is 0 Å². The molecule has 0 radical (unpaired) electrons. The van der Waals surface area contributed by atoms with Crippen molar-refractivity contribution in [3.8, 4) is 0 Å². The Morgan fingerprint density at radius 2 is 2.43 bits per heavy atom. The molecule has 4 nitrogen and oxygen atoms in total. The molecule has 0 aliphatic carbocycles. The molecular formula is C10H20N2O2. The Morgan fingerprint density at radius 3 is 3.00 bits per heavy atom. The Balaban J connectivity index is 2.37. The van der Waals surface area contributed by atoms with E-state index in [-0.39, 0.29) is 12.0 Å². The van der Waals surface area contributed by atoms with E-state index in [9.17, 15) is 4.79 Å². The van der Waals surface area contributed by atoms with Gasteiger partial charge in [-0.2, -0.15) is 0 Å². The van der Waals surface area contributed by atoms with Crippen molar-refractivity contribution in [2.75, 3.05) is 33.8 Å². The average Bonchev–Trinajstić information content (AvgIpc) is 2.64. The standard InChI is InChI=1S/C10H20N2O2/c1-8(14-3)10(13)12-5-4-9(7-12)6-11-2/h8-9,11H,4-7H2,1-3H3. The van der Waals surface area contributed by atoms with Crippen LogP contribution < -0.4 is 5.32 Å². The molecule has 4 heteroatoms. The normalized spacial score (nSPS) is 23.9. The highest BCUT2D eigenvalue weighted by Crippen LogP contribution is 2.16. The third-order valence-electron chi connectivity index (χ3n) is 2.79. The number of methoxy groups -OCH3 is 1. The van der Waals surface area contributed by atoms with Crippen molar-refractivity contribution in [3.63, 3.8) is 0 Å². The molecule has 82 valence electrons. The summed E-state index contributed by atoms with van der Waals surface area (Å²) in [6.45, 7) is 4.53. The van der Waals surface area contributed by atoms with Crippen molar-refractivity contribution in [3.05, 3.63) is 0 Å². The summed E-state index contributed by atoms with van der Waals surface area (Å²) in [4.78, 5) is 13.6. The van der Waals surface area contributed by atoms with Gasteiger partial charge in [-0.15, -0.1) is 0 Å². The van der Waals surface area contributed by atoms with Gasteiger partial charge >= 0.3 is 0 Å². The molecule has 0 saturated carbocycles. The van der Waals surface area contributed by atoms with Crippen LogP contribution in [0.25, 0.3) is 0 Å². The summed E-state index contributed by atoms with van der Waals surface area (Å²) in [6, 6.07) is 0. The molecule has 1 amide bonds. The van der Waals surface area contributed by atoms with Crippen molar-refractivity contribution in [1.29, 1.82) is 0 Å². The Kier molecular flexibility index (Phi) is 4.35. The third-order valence-corrected chi connectivity index (χ3v) is 2.79. The maximum absolute atomic E-state index is 11.7. The molecule has 0 aromatic rings. The second-order valence-corrected chi connectivity index (χ2v) is 3.87.